The zero-order valence-electron chi connectivity index (χ0n) is 9.28. The Balaban J connectivity index is 2.71. The molecule has 0 heterocycles. The van der Waals surface area contributed by atoms with Gasteiger partial charge in [0.05, 0.1) is 6.42 Å². The van der Waals surface area contributed by atoms with Gasteiger partial charge < -0.3 is 9.84 Å². The fraction of sp³-hybridized carbons (Fsp3) is 0.417. The van der Waals surface area contributed by atoms with E-state index < -0.39 is 5.97 Å². The van der Waals surface area contributed by atoms with E-state index in [0.717, 1.165) is 16.9 Å². The number of hydrogen-bond acceptors (Lipinski definition) is 2. The molecule has 0 fully saturated rings. The highest BCUT2D eigenvalue weighted by molar-refractivity contribution is 5.67. The number of carboxylic acid groups (broad SMARTS) is 1. The third-order valence-corrected chi connectivity index (χ3v) is 2.13. The Morgan fingerprint density at radius 3 is 2.73 bits per heavy atom. The Hall–Kier alpha value is -1.51. The molecule has 1 aromatic rings. The van der Waals surface area contributed by atoms with Crippen LogP contribution in [0.2, 0.25) is 0 Å². The van der Waals surface area contributed by atoms with Crippen LogP contribution >= 0.6 is 0 Å². The minimum atomic E-state index is -0.840. The summed E-state index contributed by atoms with van der Waals surface area (Å²) in [6.07, 6.45) is -0.282. The molecule has 0 aromatic heterocycles. The van der Waals surface area contributed by atoms with Gasteiger partial charge in [0.15, 0.2) is 0 Å². The highest BCUT2D eigenvalue weighted by Crippen LogP contribution is 2.20. The van der Waals surface area contributed by atoms with Crippen LogP contribution < -0.4 is 4.74 Å². The molecule has 15 heavy (non-hydrogen) atoms. The van der Waals surface area contributed by atoms with E-state index in [1.807, 2.05) is 32.0 Å². The van der Waals surface area contributed by atoms with Crippen LogP contribution in [0.15, 0.2) is 18.2 Å². The zero-order chi connectivity index (χ0) is 11.4. The minimum Gasteiger partial charge on any atom is -0.490 e. The Labute approximate surface area is 89.7 Å². The number of aryl methyl sites for hydroxylation is 2. The van der Waals surface area contributed by atoms with Crippen LogP contribution in [0.3, 0.4) is 0 Å². The van der Waals surface area contributed by atoms with E-state index in [4.69, 9.17) is 9.84 Å². The third kappa shape index (κ3) is 3.62. The monoisotopic (exact) mass is 208 g/mol. The van der Waals surface area contributed by atoms with Crippen LogP contribution in [0.25, 0.3) is 0 Å². The summed E-state index contributed by atoms with van der Waals surface area (Å²) in [5, 5.41) is 8.61. The van der Waals surface area contributed by atoms with Crippen LogP contribution in [0.1, 0.15) is 24.5 Å². The summed E-state index contributed by atoms with van der Waals surface area (Å²) in [7, 11) is 0. The smallest absolute Gasteiger partial charge is 0.307 e. The SMILES string of the molecule is Cc1ccc(C)c(O[C@@H](C)CC(=O)O)c1. The van der Waals surface area contributed by atoms with Crippen molar-refractivity contribution in [2.45, 2.75) is 33.3 Å². The van der Waals surface area contributed by atoms with E-state index in [0.29, 0.717) is 0 Å². The number of rotatable bonds is 4. The van der Waals surface area contributed by atoms with Crippen molar-refractivity contribution < 1.29 is 14.6 Å². The molecule has 1 N–H and O–H groups in total. The van der Waals surface area contributed by atoms with Crippen LogP contribution in [0, 0.1) is 13.8 Å². The molecule has 0 spiro atoms. The Morgan fingerprint density at radius 2 is 2.13 bits per heavy atom. The average Bonchev–Trinajstić information content (AvgIpc) is 2.10. The Bertz CT molecular complexity index is 358. The second-order valence-corrected chi connectivity index (χ2v) is 3.80. The summed E-state index contributed by atoms with van der Waals surface area (Å²) in [6.45, 7) is 5.69. The van der Waals surface area contributed by atoms with E-state index >= 15 is 0 Å². The summed E-state index contributed by atoms with van der Waals surface area (Å²) in [5.74, 6) is -0.0726. The van der Waals surface area contributed by atoms with Crippen molar-refractivity contribution in [3.05, 3.63) is 29.3 Å². The number of hydrogen-bond donors (Lipinski definition) is 1. The maximum atomic E-state index is 10.5. The summed E-state index contributed by atoms with van der Waals surface area (Å²) in [5.41, 5.74) is 2.14. The number of ether oxygens (including phenoxy) is 1. The largest absolute Gasteiger partial charge is 0.490 e. The molecule has 0 unspecified atom stereocenters. The fourth-order valence-corrected chi connectivity index (χ4v) is 1.34. The number of carboxylic acids is 1. The predicted octanol–water partition coefficient (Wildman–Crippen LogP) is 2.55. The third-order valence-electron chi connectivity index (χ3n) is 2.13. The molecule has 0 saturated heterocycles. The molecule has 0 radical (unpaired) electrons. The van der Waals surface area contributed by atoms with E-state index in [9.17, 15) is 4.79 Å². The lowest BCUT2D eigenvalue weighted by atomic mass is 10.1. The topological polar surface area (TPSA) is 46.5 Å². The zero-order valence-corrected chi connectivity index (χ0v) is 9.28. The molecule has 1 atom stereocenters. The van der Waals surface area contributed by atoms with Crippen molar-refractivity contribution in [2.75, 3.05) is 0 Å². The van der Waals surface area contributed by atoms with E-state index in [1.165, 1.54) is 0 Å². The van der Waals surface area contributed by atoms with Crippen molar-refractivity contribution in [1.29, 1.82) is 0 Å². The molecule has 0 saturated carbocycles. The summed E-state index contributed by atoms with van der Waals surface area (Å²) < 4.78 is 5.56. The van der Waals surface area contributed by atoms with Gasteiger partial charge in [-0.05, 0) is 38.0 Å². The van der Waals surface area contributed by atoms with E-state index in [2.05, 4.69) is 0 Å². The lowest BCUT2D eigenvalue weighted by Gasteiger charge is -2.15. The van der Waals surface area contributed by atoms with Gasteiger partial charge in [0.1, 0.15) is 11.9 Å². The first-order chi connectivity index (χ1) is 6.99. The molecule has 0 aliphatic heterocycles. The standard InChI is InChI=1S/C12H16O3/c1-8-4-5-9(2)11(6-8)15-10(3)7-12(13)14/h4-6,10H,7H2,1-3H3,(H,13,14)/t10-/m0/s1. The van der Waals surface area contributed by atoms with E-state index in [1.54, 1.807) is 6.92 Å². The quantitative estimate of drug-likeness (QED) is 0.827. The molecule has 0 aliphatic rings. The molecule has 1 aromatic carbocycles. The van der Waals surface area contributed by atoms with Gasteiger partial charge in [-0.2, -0.15) is 0 Å². The number of aliphatic carboxylic acids is 1. The second kappa shape index (κ2) is 4.82. The van der Waals surface area contributed by atoms with Gasteiger partial charge in [0, 0.05) is 0 Å². The van der Waals surface area contributed by atoms with Gasteiger partial charge in [-0.3, -0.25) is 4.79 Å². The van der Waals surface area contributed by atoms with Crippen molar-refractivity contribution in [3.63, 3.8) is 0 Å². The van der Waals surface area contributed by atoms with Gasteiger partial charge >= 0.3 is 5.97 Å². The second-order valence-electron chi connectivity index (χ2n) is 3.80. The van der Waals surface area contributed by atoms with Gasteiger partial charge in [-0.1, -0.05) is 12.1 Å². The molecular weight excluding hydrogens is 192 g/mol. The summed E-state index contributed by atoms with van der Waals surface area (Å²) in [6, 6.07) is 5.90. The molecule has 1 rings (SSSR count). The molecule has 0 aliphatic carbocycles. The molecule has 82 valence electrons. The number of carbonyl (C=O) groups is 1. The normalized spacial score (nSPS) is 12.2. The summed E-state index contributed by atoms with van der Waals surface area (Å²) in [4.78, 5) is 10.5. The highest BCUT2D eigenvalue weighted by atomic mass is 16.5. The minimum absolute atomic E-state index is 0.0212. The Morgan fingerprint density at radius 1 is 1.47 bits per heavy atom. The number of benzene rings is 1. The first-order valence-corrected chi connectivity index (χ1v) is 4.94. The van der Waals surface area contributed by atoms with Crippen LogP contribution in [0.4, 0.5) is 0 Å². The first-order valence-electron chi connectivity index (χ1n) is 4.94. The van der Waals surface area contributed by atoms with Crippen LogP contribution in [0.5, 0.6) is 5.75 Å². The highest BCUT2D eigenvalue weighted by Gasteiger charge is 2.10. The average molecular weight is 208 g/mol. The fourth-order valence-electron chi connectivity index (χ4n) is 1.34. The molecule has 0 bridgehead atoms. The van der Waals surface area contributed by atoms with Crippen molar-refractivity contribution in [2.24, 2.45) is 0 Å². The van der Waals surface area contributed by atoms with Crippen LogP contribution in [-0.2, 0) is 4.79 Å². The maximum Gasteiger partial charge on any atom is 0.307 e. The molecule has 0 amide bonds. The maximum absolute atomic E-state index is 10.5. The van der Waals surface area contributed by atoms with Gasteiger partial charge in [0.2, 0.25) is 0 Å². The lowest BCUT2D eigenvalue weighted by Crippen LogP contribution is -2.17. The molecular formula is C12H16O3. The van der Waals surface area contributed by atoms with E-state index in [-0.39, 0.29) is 12.5 Å². The van der Waals surface area contributed by atoms with Gasteiger partial charge in [-0.25, -0.2) is 0 Å². The van der Waals surface area contributed by atoms with Crippen molar-refractivity contribution in [1.82, 2.24) is 0 Å². The van der Waals surface area contributed by atoms with Crippen LogP contribution in [-0.4, -0.2) is 17.2 Å². The molecule has 3 nitrogen and oxygen atoms in total. The first kappa shape index (κ1) is 11.6. The predicted molar refractivity (Wildman–Crippen MR) is 58.3 cm³/mol. The van der Waals surface area contributed by atoms with Gasteiger partial charge in [0.25, 0.3) is 0 Å². The Kier molecular flexibility index (Phi) is 3.72. The van der Waals surface area contributed by atoms with Crippen molar-refractivity contribution >= 4 is 5.97 Å². The lowest BCUT2D eigenvalue weighted by molar-refractivity contribution is -0.138. The molecule has 3 heteroatoms. The summed E-state index contributed by atoms with van der Waals surface area (Å²) >= 11 is 0. The van der Waals surface area contributed by atoms with Gasteiger partial charge in [-0.15, -0.1) is 0 Å². The van der Waals surface area contributed by atoms with Crippen molar-refractivity contribution in [3.8, 4) is 5.75 Å².